The van der Waals surface area contributed by atoms with E-state index in [9.17, 15) is 10.1 Å². The molecule has 110 valence electrons. The van der Waals surface area contributed by atoms with Gasteiger partial charge in [-0.1, -0.05) is 0 Å². The second kappa shape index (κ2) is 6.53. The topological polar surface area (TPSA) is 77.3 Å². The van der Waals surface area contributed by atoms with Gasteiger partial charge in [-0.05, 0) is 40.5 Å². The predicted octanol–water partition coefficient (Wildman–Crippen LogP) is 3.68. The van der Waals surface area contributed by atoms with E-state index in [0.29, 0.717) is 22.5 Å². The number of halogens is 1. The molecule has 1 aromatic heterocycles. The van der Waals surface area contributed by atoms with Gasteiger partial charge in [-0.2, -0.15) is 0 Å². The minimum absolute atomic E-state index is 0.0954. The van der Waals surface area contributed by atoms with E-state index in [1.807, 2.05) is 12.1 Å². The predicted molar refractivity (Wildman–Crippen MR) is 83.6 cm³/mol. The van der Waals surface area contributed by atoms with Crippen molar-refractivity contribution in [2.24, 2.45) is 0 Å². The van der Waals surface area contributed by atoms with Crippen LogP contribution >= 0.6 is 15.9 Å². The summed E-state index contributed by atoms with van der Waals surface area (Å²) in [6, 6.07) is 6.96. The maximum atomic E-state index is 10.9. The standard InChI is InChI=1S/C14H14BrN3O3/c1-9-5-12(11(15)7-13(9)18(19)20)17-8-10-3-4-16-14(6-10)21-2/h3-7,17H,8H2,1-2H3. The Labute approximate surface area is 130 Å². The SMILES string of the molecule is COc1cc(CNc2cc(C)c([N+](=O)[O-])cc2Br)ccn1. The quantitative estimate of drug-likeness (QED) is 0.656. The third-order valence-corrected chi connectivity index (χ3v) is 3.63. The zero-order chi connectivity index (χ0) is 15.4. The summed E-state index contributed by atoms with van der Waals surface area (Å²) in [6.07, 6.45) is 1.67. The van der Waals surface area contributed by atoms with Gasteiger partial charge in [0.2, 0.25) is 5.88 Å². The summed E-state index contributed by atoms with van der Waals surface area (Å²) < 4.78 is 5.72. The van der Waals surface area contributed by atoms with Crippen LogP contribution in [0.1, 0.15) is 11.1 Å². The van der Waals surface area contributed by atoms with Crippen LogP contribution in [0.15, 0.2) is 34.9 Å². The van der Waals surface area contributed by atoms with Crippen LogP contribution in [0.5, 0.6) is 5.88 Å². The lowest BCUT2D eigenvalue weighted by Crippen LogP contribution is -2.02. The van der Waals surface area contributed by atoms with Gasteiger partial charge in [0.1, 0.15) is 0 Å². The van der Waals surface area contributed by atoms with Gasteiger partial charge in [-0.3, -0.25) is 10.1 Å². The number of nitrogens with one attached hydrogen (secondary N) is 1. The van der Waals surface area contributed by atoms with Crippen molar-refractivity contribution in [2.45, 2.75) is 13.5 Å². The van der Waals surface area contributed by atoms with E-state index in [1.54, 1.807) is 26.3 Å². The van der Waals surface area contributed by atoms with Crippen LogP contribution in [0.2, 0.25) is 0 Å². The molecule has 0 amide bonds. The number of aromatic nitrogens is 1. The lowest BCUT2D eigenvalue weighted by atomic mass is 10.1. The number of anilines is 1. The van der Waals surface area contributed by atoms with E-state index >= 15 is 0 Å². The van der Waals surface area contributed by atoms with Gasteiger partial charge >= 0.3 is 0 Å². The number of hydrogen-bond donors (Lipinski definition) is 1. The number of hydrogen-bond acceptors (Lipinski definition) is 5. The molecule has 2 rings (SSSR count). The molecule has 21 heavy (non-hydrogen) atoms. The van der Waals surface area contributed by atoms with Gasteiger partial charge in [0.25, 0.3) is 5.69 Å². The number of benzene rings is 1. The van der Waals surface area contributed by atoms with Crippen molar-refractivity contribution in [1.82, 2.24) is 4.98 Å². The van der Waals surface area contributed by atoms with E-state index in [0.717, 1.165) is 11.3 Å². The average molecular weight is 352 g/mol. The average Bonchev–Trinajstić information content (AvgIpc) is 2.47. The molecular formula is C14H14BrN3O3. The Kier molecular flexibility index (Phi) is 4.74. The first-order valence-electron chi connectivity index (χ1n) is 6.18. The lowest BCUT2D eigenvalue weighted by molar-refractivity contribution is -0.385. The number of aryl methyl sites for hydroxylation is 1. The van der Waals surface area contributed by atoms with E-state index in [2.05, 4.69) is 26.2 Å². The number of rotatable bonds is 5. The molecule has 1 N–H and O–H groups in total. The van der Waals surface area contributed by atoms with Crippen LogP contribution in [0, 0.1) is 17.0 Å². The summed E-state index contributed by atoms with van der Waals surface area (Å²) >= 11 is 3.35. The number of nitrogens with zero attached hydrogens (tertiary/aromatic N) is 2. The van der Waals surface area contributed by atoms with E-state index in [-0.39, 0.29) is 5.69 Å². The minimum atomic E-state index is -0.391. The number of pyridine rings is 1. The van der Waals surface area contributed by atoms with Crippen molar-refractivity contribution in [3.8, 4) is 5.88 Å². The highest BCUT2D eigenvalue weighted by atomic mass is 79.9. The van der Waals surface area contributed by atoms with Crippen LogP contribution < -0.4 is 10.1 Å². The highest BCUT2D eigenvalue weighted by molar-refractivity contribution is 9.10. The largest absolute Gasteiger partial charge is 0.481 e. The van der Waals surface area contributed by atoms with Crippen LogP contribution in [-0.2, 0) is 6.54 Å². The fourth-order valence-corrected chi connectivity index (χ4v) is 2.34. The Bertz CT molecular complexity index is 677. The van der Waals surface area contributed by atoms with Crippen molar-refractivity contribution < 1.29 is 9.66 Å². The van der Waals surface area contributed by atoms with Crippen LogP contribution in [0.3, 0.4) is 0 Å². The third kappa shape index (κ3) is 3.69. The molecule has 0 radical (unpaired) electrons. The first-order chi connectivity index (χ1) is 10.0. The fraction of sp³-hybridized carbons (Fsp3) is 0.214. The summed E-state index contributed by atoms with van der Waals surface area (Å²) in [5.74, 6) is 0.549. The van der Waals surface area contributed by atoms with Crippen molar-refractivity contribution in [3.05, 3.63) is 56.2 Å². The van der Waals surface area contributed by atoms with Crippen LogP contribution in [0.4, 0.5) is 11.4 Å². The lowest BCUT2D eigenvalue weighted by Gasteiger charge is -2.10. The fourth-order valence-electron chi connectivity index (χ4n) is 1.87. The molecule has 0 bridgehead atoms. The van der Waals surface area contributed by atoms with E-state index in [4.69, 9.17) is 4.74 Å². The van der Waals surface area contributed by atoms with Crippen LogP contribution in [-0.4, -0.2) is 17.0 Å². The molecule has 0 unspecified atom stereocenters. The van der Waals surface area contributed by atoms with Crippen molar-refractivity contribution >= 4 is 27.3 Å². The van der Waals surface area contributed by atoms with Gasteiger partial charge in [0.15, 0.2) is 0 Å². The molecule has 0 aliphatic heterocycles. The first-order valence-corrected chi connectivity index (χ1v) is 6.98. The molecule has 6 nitrogen and oxygen atoms in total. The Hall–Kier alpha value is -2.15. The molecule has 1 heterocycles. The molecule has 7 heteroatoms. The van der Waals surface area contributed by atoms with E-state index in [1.165, 1.54) is 6.07 Å². The molecule has 1 aromatic carbocycles. The van der Waals surface area contributed by atoms with Gasteiger partial charge in [0.05, 0.1) is 12.0 Å². The molecule has 0 fully saturated rings. The zero-order valence-corrected chi connectivity index (χ0v) is 13.2. The van der Waals surface area contributed by atoms with Gasteiger partial charge in [-0.15, -0.1) is 0 Å². The second-order valence-corrected chi connectivity index (χ2v) is 5.29. The maximum absolute atomic E-state index is 10.9. The summed E-state index contributed by atoms with van der Waals surface area (Å²) in [5.41, 5.74) is 2.51. The zero-order valence-electron chi connectivity index (χ0n) is 11.6. The summed E-state index contributed by atoms with van der Waals surface area (Å²) in [6.45, 7) is 2.28. The number of nitro groups is 1. The monoisotopic (exact) mass is 351 g/mol. The van der Waals surface area contributed by atoms with Crippen molar-refractivity contribution in [3.63, 3.8) is 0 Å². The highest BCUT2D eigenvalue weighted by Gasteiger charge is 2.14. The Morgan fingerprint density at radius 3 is 2.86 bits per heavy atom. The molecular weight excluding hydrogens is 338 g/mol. The summed E-state index contributed by atoms with van der Waals surface area (Å²) in [4.78, 5) is 14.5. The normalized spacial score (nSPS) is 10.2. The first kappa shape index (κ1) is 15.2. The molecule has 0 spiro atoms. The van der Waals surface area contributed by atoms with Crippen molar-refractivity contribution in [2.75, 3.05) is 12.4 Å². The van der Waals surface area contributed by atoms with Gasteiger partial charge < -0.3 is 10.1 Å². The number of ether oxygens (including phenoxy) is 1. The third-order valence-electron chi connectivity index (χ3n) is 2.97. The van der Waals surface area contributed by atoms with E-state index < -0.39 is 4.92 Å². The smallest absolute Gasteiger partial charge is 0.273 e. The highest BCUT2D eigenvalue weighted by Crippen LogP contribution is 2.31. The van der Waals surface area contributed by atoms with Gasteiger partial charge in [0, 0.05) is 40.6 Å². The maximum Gasteiger partial charge on any atom is 0.273 e. The molecule has 0 atom stereocenters. The van der Waals surface area contributed by atoms with Crippen LogP contribution in [0.25, 0.3) is 0 Å². The van der Waals surface area contributed by atoms with Crippen molar-refractivity contribution in [1.29, 1.82) is 0 Å². The number of nitro benzene ring substituents is 1. The Morgan fingerprint density at radius 2 is 2.19 bits per heavy atom. The second-order valence-electron chi connectivity index (χ2n) is 4.44. The molecule has 0 aliphatic carbocycles. The number of methoxy groups -OCH3 is 1. The Morgan fingerprint density at radius 1 is 1.43 bits per heavy atom. The summed E-state index contributed by atoms with van der Waals surface area (Å²) in [7, 11) is 1.57. The molecule has 0 saturated carbocycles. The molecule has 0 aliphatic rings. The molecule has 0 saturated heterocycles. The van der Waals surface area contributed by atoms with Gasteiger partial charge in [-0.25, -0.2) is 4.98 Å². The Balaban J connectivity index is 2.16. The molecule has 2 aromatic rings. The minimum Gasteiger partial charge on any atom is -0.481 e. The summed E-state index contributed by atoms with van der Waals surface area (Å²) in [5, 5.41) is 14.1.